The van der Waals surface area contributed by atoms with E-state index in [1.807, 2.05) is 36.4 Å². The first-order valence-electron chi connectivity index (χ1n) is 13.2. The van der Waals surface area contributed by atoms with Gasteiger partial charge in [-0.2, -0.15) is 0 Å². The Bertz CT molecular complexity index is 1440. The summed E-state index contributed by atoms with van der Waals surface area (Å²) < 4.78 is 0. The van der Waals surface area contributed by atoms with Crippen LogP contribution >= 0.6 is 0 Å². The Morgan fingerprint density at radius 3 is 1.73 bits per heavy atom. The van der Waals surface area contributed by atoms with Crippen molar-refractivity contribution in [2.45, 2.75) is 12.5 Å². The Kier molecular flexibility index (Phi) is 5.41. The molecule has 37 heavy (non-hydrogen) atoms. The van der Waals surface area contributed by atoms with Crippen molar-refractivity contribution in [3.63, 3.8) is 0 Å². The molecule has 0 aromatic heterocycles. The number of fused-ring (bicyclic) bond motifs is 3. The molecule has 4 aromatic carbocycles. The maximum absolute atomic E-state index is 13.2. The minimum Gasteiger partial charge on any atom is -0.301 e. The van der Waals surface area contributed by atoms with Gasteiger partial charge in [0.15, 0.2) is 0 Å². The molecule has 1 fully saturated rings. The molecular weight excluding hydrogens is 458 g/mol. The lowest BCUT2D eigenvalue weighted by Crippen LogP contribution is -2.48. The van der Waals surface area contributed by atoms with E-state index in [9.17, 15) is 9.59 Å². The van der Waals surface area contributed by atoms with Gasteiger partial charge in [0.05, 0.1) is 6.04 Å². The number of carbonyl (C=O) groups excluding carboxylic acids is 2. The van der Waals surface area contributed by atoms with Crippen molar-refractivity contribution in [1.82, 2.24) is 14.7 Å². The van der Waals surface area contributed by atoms with Crippen LogP contribution in [0.5, 0.6) is 0 Å². The fourth-order valence-corrected chi connectivity index (χ4v) is 6.50. The third-order valence-electron chi connectivity index (χ3n) is 8.28. The van der Waals surface area contributed by atoms with Crippen molar-refractivity contribution >= 4 is 22.6 Å². The summed E-state index contributed by atoms with van der Waals surface area (Å²) in [6.07, 6.45) is 0.782. The number of nitrogens with zero attached hydrogens (tertiary/aromatic N) is 3. The van der Waals surface area contributed by atoms with Gasteiger partial charge in [-0.25, -0.2) is 0 Å². The average Bonchev–Trinajstić information content (AvgIpc) is 3.28. The van der Waals surface area contributed by atoms with E-state index in [0.29, 0.717) is 23.7 Å². The number of rotatable bonds is 5. The third-order valence-corrected chi connectivity index (χ3v) is 8.28. The maximum Gasteiger partial charge on any atom is 0.261 e. The molecule has 0 unspecified atom stereocenters. The van der Waals surface area contributed by atoms with Gasteiger partial charge in [0.25, 0.3) is 11.8 Å². The number of carbonyl (C=O) groups is 2. The van der Waals surface area contributed by atoms with Crippen LogP contribution in [0.15, 0.2) is 84.9 Å². The lowest BCUT2D eigenvalue weighted by Gasteiger charge is -2.39. The van der Waals surface area contributed by atoms with Gasteiger partial charge in [0, 0.05) is 49.2 Å². The highest BCUT2D eigenvalue weighted by molar-refractivity contribution is 6.25. The van der Waals surface area contributed by atoms with Gasteiger partial charge in [-0.1, -0.05) is 72.8 Å². The van der Waals surface area contributed by atoms with E-state index in [4.69, 9.17) is 0 Å². The first kappa shape index (κ1) is 22.4. The van der Waals surface area contributed by atoms with E-state index < -0.39 is 0 Å². The largest absolute Gasteiger partial charge is 0.301 e. The summed E-state index contributed by atoms with van der Waals surface area (Å²) >= 11 is 0. The van der Waals surface area contributed by atoms with E-state index >= 15 is 0 Å². The zero-order valence-electron chi connectivity index (χ0n) is 20.8. The predicted octanol–water partition coefficient (Wildman–Crippen LogP) is 5.21. The Hall–Kier alpha value is -3.80. The minimum atomic E-state index is -0.169. The Balaban J connectivity index is 0.996. The molecule has 0 spiro atoms. The Labute approximate surface area is 216 Å². The van der Waals surface area contributed by atoms with Gasteiger partial charge >= 0.3 is 0 Å². The zero-order chi connectivity index (χ0) is 24.9. The van der Waals surface area contributed by atoms with Gasteiger partial charge in [0.2, 0.25) is 0 Å². The Morgan fingerprint density at radius 1 is 0.595 bits per heavy atom. The molecule has 3 aliphatic rings. The quantitative estimate of drug-likeness (QED) is 0.363. The fourth-order valence-electron chi connectivity index (χ4n) is 6.50. The molecule has 0 saturated carbocycles. The molecule has 5 heteroatoms. The van der Waals surface area contributed by atoms with E-state index in [2.05, 4.69) is 58.3 Å². The minimum absolute atomic E-state index is 0.169. The van der Waals surface area contributed by atoms with Gasteiger partial charge < -0.3 is 4.90 Å². The third kappa shape index (κ3) is 3.61. The predicted molar refractivity (Wildman–Crippen MR) is 146 cm³/mol. The number of hydrogen-bond acceptors (Lipinski definition) is 4. The van der Waals surface area contributed by atoms with Crippen molar-refractivity contribution in [1.29, 1.82) is 0 Å². The van der Waals surface area contributed by atoms with Crippen LogP contribution in [0, 0.1) is 0 Å². The molecule has 2 amide bonds. The smallest absolute Gasteiger partial charge is 0.261 e. The molecule has 0 atom stereocenters. The van der Waals surface area contributed by atoms with Crippen LogP contribution in [-0.4, -0.2) is 65.8 Å². The topological polar surface area (TPSA) is 43.9 Å². The van der Waals surface area contributed by atoms with Gasteiger partial charge in [-0.3, -0.25) is 19.4 Å². The molecule has 5 nitrogen and oxygen atoms in total. The van der Waals surface area contributed by atoms with Gasteiger partial charge in [-0.05, 0) is 52.7 Å². The fraction of sp³-hybridized carbons (Fsp3) is 0.250. The lowest BCUT2D eigenvalue weighted by atomic mass is 9.94. The normalized spacial score (nSPS) is 17.9. The van der Waals surface area contributed by atoms with E-state index in [1.165, 1.54) is 27.2 Å². The first-order valence-corrected chi connectivity index (χ1v) is 13.2. The summed E-state index contributed by atoms with van der Waals surface area (Å²) in [5.41, 5.74) is 6.82. The maximum atomic E-state index is 13.2. The standard InChI is InChI=1S/C32H29N3O2/c36-31-27-14-5-8-22-9-6-15-28(29(22)27)32(37)35(31)17-7-16-33-18-20-34(21-19-33)30-25-12-3-1-10-23(25)24-11-2-4-13-26(24)30/h1-6,8-15,30H,7,16-21H2. The second-order valence-corrected chi connectivity index (χ2v) is 10.3. The molecule has 7 rings (SSSR count). The molecular formula is C32H29N3O2. The number of hydrogen-bond donors (Lipinski definition) is 0. The summed E-state index contributed by atoms with van der Waals surface area (Å²) in [6, 6.07) is 29.3. The van der Waals surface area contributed by atoms with Crippen LogP contribution < -0.4 is 0 Å². The van der Waals surface area contributed by atoms with Crippen LogP contribution in [-0.2, 0) is 0 Å². The molecule has 2 heterocycles. The van der Waals surface area contributed by atoms with Crippen LogP contribution in [0.25, 0.3) is 21.9 Å². The molecule has 0 radical (unpaired) electrons. The van der Waals surface area contributed by atoms with E-state index in [0.717, 1.165) is 49.9 Å². The Morgan fingerprint density at radius 2 is 1.14 bits per heavy atom. The van der Waals surface area contributed by atoms with E-state index in [1.54, 1.807) is 0 Å². The van der Waals surface area contributed by atoms with Crippen molar-refractivity contribution in [3.05, 3.63) is 107 Å². The van der Waals surface area contributed by atoms with Crippen LogP contribution in [0.2, 0.25) is 0 Å². The lowest BCUT2D eigenvalue weighted by molar-refractivity contribution is 0.0594. The van der Waals surface area contributed by atoms with Gasteiger partial charge in [-0.15, -0.1) is 0 Å². The molecule has 2 aliphatic heterocycles. The highest BCUT2D eigenvalue weighted by Gasteiger charge is 2.35. The molecule has 4 aromatic rings. The summed E-state index contributed by atoms with van der Waals surface area (Å²) in [4.78, 5) is 32.9. The van der Waals surface area contributed by atoms with E-state index in [-0.39, 0.29) is 11.8 Å². The van der Waals surface area contributed by atoms with Gasteiger partial charge in [0.1, 0.15) is 0 Å². The first-order chi connectivity index (χ1) is 18.2. The molecule has 1 saturated heterocycles. The highest BCUT2D eigenvalue weighted by Crippen LogP contribution is 2.46. The number of benzene rings is 4. The number of amides is 2. The van der Waals surface area contributed by atoms with Crippen LogP contribution in [0.1, 0.15) is 44.3 Å². The zero-order valence-corrected chi connectivity index (χ0v) is 20.8. The SMILES string of the molecule is O=C1c2cccc3cccc(c23)C(=O)N1CCCN1CCN(C2c3ccccc3-c3ccccc32)CC1. The number of imide groups is 1. The summed E-state index contributed by atoms with van der Waals surface area (Å²) in [7, 11) is 0. The van der Waals surface area contributed by atoms with Crippen molar-refractivity contribution in [3.8, 4) is 11.1 Å². The summed E-state index contributed by atoms with van der Waals surface area (Å²) in [5.74, 6) is -0.338. The van der Waals surface area contributed by atoms with Crippen LogP contribution in [0.4, 0.5) is 0 Å². The highest BCUT2D eigenvalue weighted by atomic mass is 16.2. The summed E-state index contributed by atoms with van der Waals surface area (Å²) in [5, 5.41) is 1.74. The number of piperazine rings is 1. The monoisotopic (exact) mass is 487 g/mol. The van der Waals surface area contributed by atoms with Crippen molar-refractivity contribution in [2.75, 3.05) is 39.3 Å². The molecule has 0 N–H and O–H groups in total. The average molecular weight is 488 g/mol. The molecule has 0 bridgehead atoms. The second kappa shape index (κ2) is 8.94. The van der Waals surface area contributed by atoms with Crippen molar-refractivity contribution in [2.24, 2.45) is 0 Å². The second-order valence-electron chi connectivity index (χ2n) is 10.3. The van der Waals surface area contributed by atoms with Crippen molar-refractivity contribution < 1.29 is 9.59 Å². The molecule has 184 valence electrons. The summed E-state index contributed by atoms with van der Waals surface area (Å²) in [6.45, 7) is 5.32. The molecule has 1 aliphatic carbocycles. The van der Waals surface area contributed by atoms with Crippen LogP contribution in [0.3, 0.4) is 0 Å².